The second kappa shape index (κ2) is 6.03. The number of rotatable bonds is 4. The van der Waals surface area contributed by atoms with Crippen molar-refractivity contribution in [3.05, 3.63) is 34.3 Å². The van der Waals surface area contributed by atoms with Gasteiger partial charge in [0, 0.05) is 24.1 Å². The highest BCUT2D eigenvalue weighted by Gasteiger charge is 2.33. The Kier molecular flexibility index (Phi) is 4.60. The summed E-state index contributed by atoms with van der Waals surface area (Å²) in [7, 11) is 0. The van der Waals surface area contributed by atoms with Crippen LogP contribution < -0.4 is 0 Å². The summed E-state index contributed by atoms with van der Waals surface area (Å²) >= 11 is 3.39. The quantitative estimate of drug-likeness (QED) is 0.890. The maximum atomic E-state index is 10.7. The average Bonchev–Trinajstić information content (AvgIpc) is 2.39. The van der Waals surface area contributed by atoms with Crippen LogP contribution in [0, 0.1) is 0 Å². The second-order valence-electron chi connectivity index (χ2n) is 5.02. The molecule has 2 N–H and O–H groups in total. The summed E-state index contributed by atoms with van der Waals surface area (Å²) in [6.07, 6.45) is 1.46. The number of halogens is 1. The number of aliphatic carboxylic acids is 1. The highest BCUT2D eigenvalue weighted by atomic mass is 79.9. The van der Waals surface area contributed by atoms with Crippen molar-refractivity contribution in [2.24, 2.45) is 0 Å². The van der Waals surface area contributed by atoms with E-state index in [1.54, 1.807) is 0 Å². The number of carbonyl (C=O) groups is 1. The van der Waals surface area contributed by atoms with Gasteiger partial charge in [-0.3, -0.25) is 4.79 Å². The van der Waals surface area contributed by atoms with E-state index in [-0.39, 0.29) is 6.42 Å². The van der Waals surface area contributed by atoms with Crippen molar-refractivity contribution < 1.29 is 15.0 Å². The number of piperidine rings is 1. The standard InChI is InChI=1S/C14H18BrNO3/c15-12-3-1-11(2-4-12)14(19)6-9-16(10-7-14)8-5-13(17)18/h1-4,19H,5-10H2,(H,17,18). The number of carboxylic acids is 1. The first-order valence-corrected chi connectivity index (χ1v) is 7.21. The van der Waals surface area contributed by atoms with Crippen LogP contribution in [-0.4, -0.2) is 40.7 Å². The van der Waals surface area contributed by atoms with Gasteiger partial charge < -0.3 is 15.1 Å². The minimum absolute atomic E-state index is 0.163. The van der Waals surface area contributed by atoms with E-state index in [1.807, 2.05) is 24.3 Å². The second-order valence-corrected chi connectivity index (χ2v) is 5.94. The first-order chi connectivity index (χ1) is 8.99. The van der Waals surface area contributed by atoms with Crippen LogP contribution >= 0.6 is 15.9 Å². The number of hydrogen-bond donors (Lipinski definition) is 2. The van der Waals surface area contributed by atoms with Gasteiger partial charge in [-0.25, -0.2) is 0 Å². The van der Waals surface area contributed by atoms with Gasteiger partial charge in [-0.2, -0.15) is 0 Å². The molecule has 4 nitrogen and oxygen atoms in total. The van der Waals surface area contributed by atoms with Gasteiger partial charge in [0.2, 0.25) is 0 Å². The highest BCUT2D eigenvalue weighted by Crippen LogP contribution is 2.33. The first-order valence-electron chi connectivity index (χ1n) is 6.42. The number of aliphatic hydroxyl groups is 1. The summed E-state index contributed by atoms with van der Waals surface area (Å²) in [5.41, 5.74) is 0.161. The Bertz CT molecular complexity index is 439. The van der Waals surface area contributed by atoms with E-state index >= 15 is 0 Å². The molecule has 0 aromatic heterocycles. The third kappa shape index (κ3) is 3.78. The van der Waals surface area contributed by atoms with Crippen molar-refractivity contribution in [1.82, 2.24) is 4.90 Å². The summed E-state index contributed by atoms with van der Waals surface area (Å²) in [5, 5.41) is 19.3. The third-order valence-electron chi connectivity index (χ3n) is 3.71. The molecule has 0 atom stereocenters. The molecule has 0 saturated carbocycles. The zero-order valence-corrected chi connectivity index (χ0v) is 12.3. The van der Waals surface area contributed by atoms with Gasteiger partial charge in [-0.1, -0.05) is 28.1 Å². The molecule has 0 radical (unpaired) electrons. The molecule has 1 aliphatic heterocycles. The summed E-state index contributed by atoms with van der Waals surface area (Å²) in [6.45, 7) is 2.03. The Balaban J connectivity index is 1.94. The maximum Gasteiger partial charge on any atom is 0.304 e. The molecule has 104 valence electrons. The molecule has 19 heavy (non-hydrogen) atoms. The van der Waals surface area contributed by atoms with E-state index < -0.39 is 11.6 Å². The Morgan fingerprint density at radius 2 is 1.84 bits per heavy atom. The third-order valence-corrected chi connectivity index (χ3v) is 4.24. The van der Waals surface area contributed by atoms with E-state index in [2.05, 4.69) is 20.8 Å². The molecule has 1 aromatic carbocycles. The molecule has 5 heteroatoms. The van der Waals surface area contributed by atoms with E-state index in [1.165, 1.54) is 0 Å². The average molecular weight is 328 g/mol. The molecular formula is C14H18BrNO3. The van der Waals surface area contributed by atoms with Crippen LogP contribution in [0.5, 0.6) is 0 Å². The van der Waals surface area contributed by atoms with Gasteiger partial charge in [0.15, 0.2) is 0 Å². The SMILES string of the molecule is O=C(O)CCN1CCC(O)(c2ccc(Br)cc2)CC1. The Hall–Kier alpha value is -0.910. The summed E-state index contributed by atoms with van der Waals surface area (Å²) in [4.78, 5) is 12.6. The van der Waals surface area contributed by atoms with Crippen LogP contribution in [-0.2, 0) is 10.4 Å². The Labute approximate surface area is 121 Å². The van der Waals surface area contributed by atoms with E-state index in [0.29, 0.717) is 19.4 Å². The van der Waals surface area contributed by atoms with Crippen LogP contribution in [0.15, 0.2) is 28.7 Å². The molecule has 1 aliphatic rings. The predicted octanol–water partition coefficient (Wildman–Crippen LogP) is 2.21. The molecule has 2 rings (SSSR count). The van der Waals surface area contributed by atoms with Crippen molar-refractivity contribution in [3.8, 4) is 0 Å². The van der Waals surface area contributed by atoms with Gasteiger partial charge >= 0.3 is 5.97 Å². The fourth-order valence-electron chi connectivity index (χ4n) is 2.45. The number of nitrogens with zero attached hydrogens (tertiary/aromatic N) is 1. The van der Waals surface area contributed by atoms with Crippen molar-refractivity contribution in [2.45, 2.75) is 24.9 Å². The van der Waals surface area contributed by atoms with Crippen molar-refractivity contribution in [1.29, 1.82) is 0 Å². The molecule has 1 heterocycles. The topological polar surface area (TPSA) is 60.8 Å². The van der Waals surface area contributed by atoms with E-state index in [4.69, 9.17) is 5.11 Å². The summed E-state index contributed by atoms with van der Waals surface area (Å²) in [6, 6.07) is 7.75. The minimum atomic E-state index is -0.777. The maximum absolute atomic E-state index is 10.7. The van der Waals surface area contributed by atoms with Crippen LogP contribution in [0.4, 0.5) is 0 Å². The van der Waals surface area contributed by atoms with Crippen molar-refractivity contribution >= 4 is 21.9 Å². The predicted molar refractivity (Wildman–Crippen MR) is 76.0 cm³/mol. The first kappa shape index (κ1) is 14.5. The van der Waals surface area contributed by atoms with Crippen LogP contribution in [0.1, 0.15) is 24.8 Å². The zero-order valence-electron chi connectivity index (χ0n) is 10.7. The van der Waals surface area contributed by atoms with E-state index in [0.717, 1.165) is 23.1 Å². The molecule has 0 unspecified atom stereocenters. The monoisotopic (exact) mass is 327 g/mol. The molecule has 1 fully saturated rings. The van der Waals surface area contributed by atoms with Crippen LogP contribution in [0.25, 0.3) is 0 Å². The lowest BCUT2D eigenvalue weighted by atomic mass is 9.84. The normalized spacial score (nSPS) is 19.3. The van der Waals surface area contributed by atoms with Gasteiger partial charge in [0.05, 0.1) is 12.0 Å². The molecule has 1 aromatic rings. The van der Waals surface area contributed by atoms with E-state index in [9.17, 15) is 9.90 Å². The molecule has 0 aliphatic carbocycles. The van der Waals surface area contributed by atoms with Crippen LogP contribution in [0.2, 0.25) is 0 Å². The fraction of sp³-hybridized carbons (Fsp3) is 0.500. The molecule has 0 amide bonds. The Morgan fingerprint density at radius 3 is 2.37 bits per heavy atom. The lowest BCUT2D eigenvalue weighted by Gasteiger charge is -2.38. The smallest absolute Gasteiger partial charge is 0.304 e. The summed E-state index contributed by atoms with van der Waals surface area (Å²) < 4.78 is 0.999. The van der Waals surface area contributed by atoms with Gasteiger partial charge in [-0.05, 0) is 30.5 Å². The van der Waals surface area contributed by atoms with Gasteiger partial charge in [0.25, 0.3) is 0 Å². The van der Waals surface area contributed by atoms with Gasteiger partial charge in [0.1, 0.15) is 0 Å². The fourth-order valence-corrected chi connectivity index (χ4v) is 2.71. The number of likely N-dealkylation sites (tertiary alicyclic amines) is 1. The minimum Gasteiger partial charge on any atom is -0.481 e. The van der Waals surface area contributed by atoms with Gasteiger partial charge in [-0.15, -0.1) is 0 Å². The zero-order chi connectivity index (χ0) is 13.9. The number of hydrogen-bond acceptors (Lipinski definition) is 3. The largest absolute Gasteiger partial charge is 0.481 e. The lowest BCUT2D eigenvalue weighted by molar-refractivity contribution is -0.137. The van der Waals surface area contributed by atoms with Crippen LogP contribution in [0.3, 0.4) is 0 Å². The Morgan fingerprint density at radius 1 is 1.26 bits per heavy atom. The molecule has 1 saturated heterocycles. The molecular weight excluding hydrogens is 310 g/mol. The van der Waals surface area contributed by atoms with Crippen molar-refractivity contribution in [3.63, 3.8) is 0 Å². The summed E-state index contributed by atoms with van der Waals surface area (Å²) in [5.74, 6) is -0.770. The number of benzene rings is 1. The lowest BCUT2D eigenvalue weighted by Crippen LogP contribution is -2.43. The van der Waals surface area contributed by atoms with Crippen molar-refractivity contribution in [2.75, 3.05) is 19.6 Å². The number of carboxylic acid groups (broad SMARTS) is 1. The molecule has 0 spiro atoms. The highest BCUT2D eigenvalue weighted by molar-refractivity contribution is 9.10. The molecule has 0 bridgehead atoms.